The monoisotopic (exact) mass is 209 g/mol. The Labute approximate surface area is 91.9 Å². The van der Waals surface area contributed by atoms with E-state index in [-0.39, 0.29) is 12.0 Å². The Morgan fingerprint density at radius 1 is 1.60 bits per heavy atom. The summed E-state index contributed by atoms with van der Waals surface area (Å²) in [4.78, 5) is 10.9. The fourth-order valence-corrected chi connectivity index (χ4v) is 1.09. The van der Waals surface area contributed by atoms with E-state index in [4.69, 9.17) is 11.2 Å². The quantitative estimate of drug-likeness (QED) is 0.392. The lowest BCUT2D eigenvalue weighted by Crippen LogP contribution is -2.27. The Morgan fingerprint density at radius 2 is 2.33 bits per heavy atom. The molecule has 0 radical (unpaired) electrons. The van der Waals surface area contributed by atoms with Gasteiger partial charge in [-0.05, 0) is 13.3 Å². The van der Waals surface area contributed by atoms with Crippen molar-refractivity contribution in [2.75, 3.05) is 13.2 Å². The Morgan fingerprint density at radius 3 is 2.87 bits per heavy atom. The zero-order valence-electron chi connectivity index (χ0n) is 9.45. The van der Waals surface area contributed by atoms with Crippen molar-refractivity contribution in [1.82, 2.24) is 5.32 Å². The predicted molar refractivity (Wildman–Crippen MR) is 61.3 cm³/mol. The molecule has 0 spiro atoms. The number of hydrogen-bond acceptors (Lipinski definition) is 3. The Balaban J connectivity index is 3.68. The van der Waals surface area contributed by atoms with Crippen molar-refractivity contribution in [3.05, 3.63) is 12.2 Å². The van der Waals surface area contributed by atoms with E-state index in [1.165, 1.54) is 6.08 Å². The van der Waals surface area contributed by atoms with Crippen LogP contribution in [0.4, 0.5) is 0 Å². The molecule has 0 saturated carbocycles. The van der Waals surface area contributed by atoms with E-state index in [1.807, 2.05) is 0 Å². The third-order valence-electron chi connectivity index (χ3n) is 1.80. The Hall–Kier alpha value is -1.27. The van der Waals surface area contributed by atoms with Crippen LogP contribution in [0, 0.1) is 12.3 Å². The van der Waals surface area contributed by atoms with Crippen LogP contribution in [-0.4, -0.2) is 25.2 Å². The number of esters is 1. The molecule has 15 heavy (non-hydrogen) atoms. The van der Waals surface area contributed by atoms with Gasteiger partial charge in [-0.25, -0.2) is 4.79 Å². The number of terminal acetylenes is 1. The van der Waals surface area contributed by atoms with Gasteiger partial charge >= 0.3 is 5.97 Å². The number of rotatable bonds is 7. The molecule has 0 rings (SSSR count). The van der Waals surface area contributed by atoms with Gasteiger partial charge < -0.3 is 10.1 Å². The Bertz CT molecular complexity index is 240. The summed E-state index contributed by atoms with van der Waals surface area (Å²) in [7, 11) is 0. The molecule has 3 nitrogen and oxygen atoms in total. The van der Waals surface area contributed by atoms with Gasteiger partial charge in [0.05, 0.1) is 12.6 Å². The lowest BCUT2D eigenvalue weighted by molar-refractivity contribution is -0.137. The molecule has 0 aliphatic carbocycles. The maximum atomic E-state index is 10.9. The van der Waals surface area contributed by atoms with Gasteiger partial charge in [0.15, 0.2) is 0 Å². The van der Waals surface area contributed by atoms with Crippen molar-refractivity contribution in [2.24, 2.45) is 0 Å². The average Bonchev–Trinajstić information content (AvgIpc) is 2.23. The maximum absolute atomic E-state index is 10.9. The zero-order chi connectivity index (χ0) is 11.5. The van der Waals surface area contributed by atoms with Gasteiger partial charge in [0.25, 0.3) is 0 Å². The first-order chi connectivity index (χ1) is 7.24. The molecule has 84 valence electrons. The van der Waals surface area contributed by atoms with E-state index < -0.39 is 0 Å². The topological polar surface area (TPSA) is 38.3 Å². The van der Waals surface area contributed by atoms with Crippen LogP contribution in [0.3, 0.4) is 0 Å². The molecule has 0 aromatic rings. The molecule has 1 unspecified atom stereocenters. The second-order valence-corrected chi connectivity index (χ2v) is 3.07. The second kappa shape index (κ2) is 9.29. The predicted octanol–water partition coefficient (Wildman–Crippen LogP) is 1.50. The van der Waals surface area contributed by atoms with Crippen LogP contribution in [0.5, 0.6) is 0 Å². The van der Waals surface area contributed by atoms with Gasteiger partial charge in [0, 0.05) is 12.6 Å². The first-order valence-corrected chi connectivity index (χ1v) is 5.27. The molecule has 1 atom stereocenters. The highest BCUT2D eigenvalue weighted by molar-refractivity contribution is 5.81. The highest BCUT2D eigenvalue weighted by Gasteiger charge is 1.99. The van der Waals surface area contributed by atoms with Crippen LogP contribution in [0.25, 0.3) is 0 Å². The van der Waals surface area contributed by atoms with Gasteiger partial charge in [-0.3, -0.25) is 0 Å². The van der Waals surface area contributed by atoms with Crippen LogP contribution in [-0.2, 0) is 9.53 Å². The summed E-state index contributed by atoms with van der Waals surface area (Å²) in [5.74, 6) is 2.34. The van der Waals surface area contributed by atoms with Crippen LogP contribution >= 0.6 is 0 Å². The molecular weight excluding hydrogens is 190 g/mol. The fraction of sp³-hybridized carbons (Fsp3) is 0.583. The molecule has 0 heterocycles. The molecular formula is C12H19NO2. The summed E-state index contributed by atoms with van der Waals surface area (Å²) in [5.41, 5.74) is 0. The van der Waals surface area contributed by atoms with E-state index in [0.717, 1.165) is 12.8 Å². The van der Waals surface area contributed by atoms with E-state index in [9.17, 15) is 4.79 Å². The largest absolute Gasteiger partial charge is 0.463 e. The zero-order valence-corrected chi connectivity index (χ0v) is 9.45. The van der Waals surface area contributed by atoms with Crippen molar-refractivity contribution in [1.29, 1.82) is 0 Å². The van der Waals surface area contributed by atoms with Crippen LogP contribution in [0.15, 0.2) is 12.2 Å². The van der Waals surface area contributed by atoms with E-state index in [2.05, 4.69) is 18.2 Å². The molecule has 0 fully saturated rings. The van der Waals surface area contributed by atoms with Crippen LogP contribution < -0.4 is 5.32 Å². The van der Waals surface area contributed by atoms with Crippen molar-refractivity contribution in [3.63, 3.8) is 0 Å². The number of hydrogen-bond donors (Lipinski definition) is 1. The summed E-state index contributed by atoms with van der Waals surface area (Å²) in [6.45, 7) is 4.85. The van der Waals surface area contributed by atoms with Gasteiger partial charge in [-0.15, -0.1) is 6.42 Å². The molecule has 1 N–H and O–H groups in total. The molecule has 3 heteroatoms. The van der Waals surface area contributed by atoms with Crippen molar-refractivity contribution in [2.45, 2.75) is 32.7 Å². The minimum Gasteiger partial charge on any atom is -0.463 e. The smallest absolute Gasteiger partial charge is 0.330 e. The average molecular weight is 209 g/mol. The summed E-state index contributed by atoms with van der Waals surface area (Å²) >= 11 is 0. The number of ether oxygens (including phenoxy) is 1. The summed E-state index contributed by atoms with van der Waals surface area (Å²) in [6.07, 6.45) is 10.4. The number of nitrogens with one attached hydrogen (secondary N) is 1. The second-order valence-electron chi connectivity index (χ2n) is 3.07. The Kier molecular flexibility index (Phi) is 8.50. The van der Waals surface area contributed by atoms with Gasteiger partial charge in [0.2, 0.25) is 0 Å². The molecule has 0 aromatic heterocycles. The maximum Gasteiger partial charge on any atom is 0.330 e. The van der Waals surface area contributed by atoms with E-state index >= 15 is 0 Å². The first-order valence-electron chi connectivity index (χ1n) is 5.27. The molecule has 0 bridgehead atoms. The van der Waals surface area contributed by atoms with Gasteiger partial charge in [-0.2, -0.15) is 0 Å². The molecule has 0 amide bonds. The fourth-order valence-electron chi connectivity index (χ4n) is 1.09. The third-order valence-corrected chi connectivity index (χ3v) is 1.80. The normalized spacial score (nSPS) is 12.3. The minimum absolute atomic E-state index is 0.0850. The van der Waals surface area contributed by atoms with Gasteiger partial charge in [0.1, 0.15) is 0 Å². The SMILES string of the molecule is C#CC(CCC)NC/C=C/C(=O)OCC. The van der Waals surface area contributed by atoms with Crippen molar-refractivity contribution in [3.8, 4) is 12.3 Å². The molecule has 0 aliphatic heterocycles. The number of carbonyl (C=O) groups is 1. The summed E-state index contributed by atoms with van der Waals surface area (Å²) < 4.78 is 4.73. The highest BCUT2D eigenvalue weighted by Crippen LogP contribution is 1.93. The lowest BCUT2D eigenvalue weighted by atomic mass is 10.2. The summed E-state index contributed by atoms with van der Waals surface area (Å²) in [6, 6.07) is 0.0850. The lowest BCUT2D eigenvalue weighted by Gasteiger charge is -2.09. The standard InChI is InChI=1S/C12H19NO2/c1-4-8-11(5-2)13-10-7-9-12(14)15-6-3/h2,7,9,11,13H,4,6,8,10H2,1,3H3/b9-7+. The molecule has 0 aromatic carbocycles. The third kappa shape index (κ3) is 7.77. The molecule has 0 aliphatic rings. The van der Waals surface area contributed by atoms with E-state index in [1.54, 1.807) is 13.0 Å². The summed E-state index contributed by atoms with van der Waals surface area (Å²) in [5, 5.41) is 3.14. The first kappa shape index (κ1) is 13.7. The highest BCUT2D eigenvalue weighted by atomic mass is 16.5. The number of carbonyl (C=O) groups excluding carboxylic acids is 1. The minimum atomic E-state index is -0.313. The van der Waals surface area contributed by atoms with Crippen molar-refractivity contribution >= 4 is 5.97 Å². The van der Waals surface area contributed by atoms with Crippen LogP contribution in [0.2, 0.25) is 0 Å². The van der Waals surface area contributed by atoms with Crippen molar-refractivity contribution < 1.29 is 9.53 Å². The van der Waals surface area contributed by atoms with Crippen LogP contribution in [0.1, 0.15) is 26.7 Å². The van der Waals surface area contributed by atoms with E-state index in [0.29, 0.717) is 13.2 Å². The van der Waals surface area contributed by atoms with Gasteiger partial charge in [-0.1, -0.05) is 25.3 Å². The molecule has 0 saturated heterocycles.